The molecule has 0 spiro atoms. The Balaban J connectivity index is 1.62. The third kappa shape index (κ3) is 3.27. The summed E-state index contributed by atoms with van der Waals surface area (Å²) >= 11 is 0. The second kappa shape index (κ2) is 7.09. The van der Waals surface area contributed by atoms with Crippen LogP contribution in [-0.2, 0) is 10.0 Å². The number of likely N-dealkylation sites (tertiary alicyclic amines) is 1. The maximum absolute atomic E-state index is 14.6. The minimum Gasteiger partial charge on any atom is -0.468 e. The molecule has 3 heterocycles. The minimum atomic E-state index is -3.89. The molecule has 2 saturated heterocycles. The van der Waals surface area contributed by atoms with Gasteiger partial charge in [-0.05, 0) is 56.0 Å². The van der Waals surface area contributed by atoms with E-state index in [1.807, 2.05) is 0 Å². The molecule has 27 heavy (non-hydrogen) atoms. The molecule has 2 fully saturated rings. The molecule has 0 N–H and O–H groups in total. The smallest absolute Gasteiger partial charge is 0.256 e. The third-order valence-electron chi connectivity index (χ3n) is 5.25. The SMILES string of the molecule is O=C(c1ccc(S(=O)(=O)N2CCC[C@@H]2c2ccco2)cc1F)N1CCCC1. The maximum atomic E-state index is 14.6. The van der Waals surface area contributed by atoms with Crippen LogP contribution in [-0.4, -0.2) is 43.2 Å². The molecule has 0 radical (unpaired) electrons. The summed E-state index contributed by atoms with van der Waals surface area (Å²) in [6.45, 7) is 1.57. The molecule has 144 valence electrons. The molecule has 8 heteroatoms. The van der Waals surface area contributed by atoms with Gasteiger partial charge in [-0.3, -0.25) is 4.79 Å². The Labute approximate surface area is 157 Å². The predicted molar refractivity (Wildman–Crippen MR) is 96.1 cm³/mol. The van der Waals surface area contributed by atoms with E-state index in [-0.39, 0.29) is 22.4 Å². The summed E-state index contributed by atoms with van der Waals surface area (Å²) in [4.78, 5) is 13.9. The van der Waals surface area contributed by atoms with E-state index in [9.17, 15) is 17.6 Å². The zero-order valence-corrected chi connectivity index (χ0v) is 15.6. The van der Waals surface area contributed by atoms with Crippen LogP contribution in [0.1, 0.15) is 47.8 Å². The van der Waals surface area contributed by atoms with Crippen LogP contribution in [0.2, 0.25) is 0 Å². The largest absolute Gasteiger partial charge is 0.468 e. The number of benzene rings is 1. The first-order chi connectivity index (χ1) is 13.0. The fraction of sp³-hybridized carbons (Fsp3) is 0.421. The molecule has 1 aromatic heterocycles. The number of hydrogen-bond donors (Lipinski definition) is 0. The Morgan fingerprint density at radius 3 is 2.56 bits per heavy atom. The minimum absolute atomic E-state index is 0.0835. The van der Waals surface area contributed by atoms with Crippen molar-refractivity contribution >= 4 is 15.9 Å². The number of nitrogens with zero attached hydrogens (tertiary/aromatic N) is 2. The summed E-state index contributed by atoms with van der Waals surface area (Å²) in [7, 11) is -3.89. The van der Waals surface area contributed by atoms with Crippen molar-refractivity contribution in [1.82, 2.24) is 9.21 Å². The average Bonchev–Trinajstić information content (AvgIpc) is 3.42. The van der Waals surface area contributed by atoms with Crippen molar-refractivity contribution in [3.63, 3.8) is 0 Å². The first-order valence-corrected chi connectivity index (χ1v) is 10.6. The number of rotatable bonds is 4. The van der Waals surface area contributed by atoms with Crippen LogP contribution in [0.5, 0.6) is 0 Å². The van der Waals surface area contributed by atoms with Crippen LogP contribution in [0.15, 0.2) is 45.9 Å². The maximum Gasteiger partial charge on any atom is 0.256 e. The lowest BCUT2D eigenvalue weighted by Crippen LogP contribution is -2.31. The number of amides is 1. The molecule has 1 amide bonds. The molecule has 2 aromatic rings. The highest BCUT2D eigenvalue weighted by Crippen LogP contribution is 2.37. The van der Waals surface area contributed by atoms with Crippen molar-refractivity contribution in [2.24, 2.45) is 0 Å². The van der Waals surface area contributed by atoms with Gasteiger partial charge < -0.3 is 9.32 Å². The van der Waals surface area contributed by atoms with E-state index in [1.54, 1.807) is 17.0 Å². The van der Waals surface area contributed by atoms with Crippen LogP contribution >= 0.6 is 0 Å². The van der Waals surface area contributed by atoms with Gasteiger partial charge in [0.15, 0.2) is 0 Å². The Morgan fingerprint density at radius 2 is 1.89 bits per heavy atom. The summed E-state index contributed by atoms with van der Waals surface area (Å²) < 4.78 is 47.4. The summed E-state index contributed by atoms with van der Waals surface area (Å²) in [5, 5.41) is 0. The lowest BCUT2D eigenvalue weighted by molar-refractivity contribution is 0.0788. The van der Waals surface area contributed by atoms with E-state index in [0.29, 0.717) is 38.2 Å². The Hall–Kier alpha value is -2.19. The molecule has 4 rings (SSSR count). The van der Waals surface area contributed by atoms with E-state index in [2.05, 4.69) is 0 Å². The Kier molecular flexibility index (Phi) is 4.77. The molecule has 0 bridgehead atoms. The van der Waals surface area contributed by atoms with Crippen LogP contribution in [0, 0.1) is 5.82 Å². The zero-order valence-electron chi connectivity index (χ0n) is 14.8. The van der Waals surface area contributed by atoms with Crippen LogP contribution in [0.3, 0.4) is 0 Å². The van der Waals surface area contributed by atoms with Crippen molar-refractivity contribution < 1.29 is 22.0 Å². The van der Waals surface area contributed by atoms with Crippen molar-refractivity contribution in [2.45, 2.75) is 36.6 Å². The summed E-state index contributed by atoms with van der Waals surface area (Å²) in [6, 6.07) is 6.63. The Morgan fingerprint density at radius 1 is 1.11 bits per heavy atom. The number of hydrogen-bond acceptors (Lipinski definition) is 4. The topological polar surface area (TPSA) is 70.8 Å². The van der Waals surface area contributed by atoms with E-state index in [4.69, 9.17) is 4.42 Å². The molecule has 1 atom stereocenters. The van der Waals surface area contributed by atoms with E-state index >= 15 is 0 Å². The molecule has 1 aromatic carbocycles. The molecule has 6 nitrogen and oxygen atoms in total. The van der Waals surface area contributed by atoms with Crippen molar-refractivity contribution in [2.75, 3.05) is 19.6 Å². The average molecular weight is 392 g/mol. The first kappa shape index (κ1) is 18.2. The quantitative estimate of drug-likeness (QED) is 0.801. The third-order valence-corrected chi connectivity index (χ3v) is 7.15. The second-order valence-electron chi connectivity index (χ2n) is 6.93. The number of carbonyl (C=O) groups excluding carboxylic acids is 1. The van der Waals surface area contributed by atoms with Gasteiger partial charge in [0, 0.05) is 19.6 Å². The Bertz CT molecular complexity index is 937. The fourth-order valence-corrected chi connectivity index (χ4v) is 5.53. The molecule has 0 saturated carbocycles. The van der Waals surface area contributed by atoms with Crippen molar-refractivity contribution in [1.29, 1.82) is 0 Å². The van der Waals surface area contributed by atoms with E-state index < -0.39 is 15.8 Å². The summed E-state index contributed by atoms with van der Waals surface area (Å²) in [5.41, 5.74) is -0.0835. The van der Waals surface area contributed by atoms with Crippen molar-refractivity contribution in [3.8, 4) is 0 Å². The van der Waals surface area contributed by atoms with E-state index in [1.165, 1.54) is 22.7 Å². The molecular weight excluding hydrogens is 371 g/mol. The van der Waals surface area contributed by atoms with Gasteiger partial charge in [-0.1, -0.05) is 0 Å². The molecular formula is C19H21FN2O4S. The van der Waals surface area contributed by atoms with Crippen molar-refractivity contribution in [3.05, 3.63) is 53.7 Å². The fourth-order valence-electron chi connectivity index (χ4n) is 3.85. The monoisotopic (exact) mass is 392 g/mol. The lowest BCUT2D eigenvalue weighted by Gasteiger charge is -2.23. The number of furan rings is 1. The highest BCUT2D eigenvalue weighted by molar-refractivity contribution is 7.89. The standard InChI is InChI=1S/C19H21FN2O4S/c20-16-13-14(7-8-15(16)19(23)21-9-1-2-10-21)27(24,25)22-11-3-5-17(22)18-6-4-12-26-18/h4,6-8,12-13,17H,1-3,5,9-11H2/t17-/m1/s1. The van der Waals surface area contributed by atoms with Gasteiger partial charge in [-0.15, -0.1) is 0 Å². The van der Waals surface area contributed by atoms with Gasteiger partial charge in [0.2, 0.25) is 10.0 Å². The van der Waals surface area contributed by atoms with Crippen LogP contribution in [0.4, 0.5) is 4.39 Å². The van der Waals surface area contributed by atoms with Gasteiger partial charge in [-0.2, -0.15) is 4.31 Å². The predicted octanol–water partition coefficient (Wildman–Crippen LogP) is 3.18. The zero-order chi connectivity index (χ0) is 19.0. The van der Waals surface area contributed by atoms with Gasteiger partial charge >= 0.3 is 0 Å². The van der Waals surface area contributed by atoms with Gasteiger partial charge in [0.1, 0.15) is 11.6 Å². The lowest BCUT2D eigenvalue weighted by atomic mass is 10.2. The molecule has 2 aliphatic rings. The van der Waals surface area contributed by atoms with Gasteiger partial charge in [-0.25, -0.2) is 12.8 Å². The summed E-state index contributed by atoms with van der Waals surface area (Å²) in [5.74, 6) is -0.609. The van der Waals surface area contributed by atoms with E-state index in [0.717, 1.165) is 18.9 Å². The highest BCUT2D eigenvalue weighted by atomic mass is 32.2. The first-order valence-electron chi connectivity index (χ1n) is 9.12. The number of sulfonamides is 1. The normalized spacial score (nSPS) is 21.1. The number of halogens is 1. The summed E-state index contributed by atoms with van der Waals surface area (Å²) in [6.07, 6.45) is 4.68. The second-order valence-corrected chi connectivity index (χ2v) is 8.82. The highest BCUT2D eigenvalue weighted by Gasteiger charge is 2.38. The van der Waals surface area contributed by atoms with Crippen LogP contribution in [0.25, 0.3) is 0 Å². The van der Waals surface area contributed by atoms with Gasteiger partial charge in [0.05, 0.1) is 22.8 Å². The van der Waals surface area contributed by atoms with Crippen LogP contribution < -0.4 is 0 Å². The molecule has 0 unspecified atom stereocenters. The number of carbonyl (C=O) groups is 1. The van der Waals surface area contributed by atoms with Gasteiger partial charge in [0.25, 0.3) is 5.91 Å². The molecule has 0 aliphatic carbocycles. The molecule has 2 aliphatic heterocycles.